The predicted octanol–water partition coefficient (Wildman–Crippen LogP) is 4.61. The summed E-state index contributed by atoms with van der Waals surface area (Å²) in [5, 5.41) is 5.33. The van der Waals surface area contributed by atoms with Gasteiger partial charge in [0.1, 0.15) is 5.82 Å². The molecule has 2 heterocycles. The van der Waals surface area contributed by atoms with Crippen LogP contribution in [-0.2, 0) is 4.79 Å². The van der Waals surface area contributed by atoms with E-state index in [1.54, 1.807) is 12.4 Å². The number of aromatic nitrogens is 2. The number of hydrogen-bond acceptors (Lipinski definition) is 3. The van der Waals surface area contributed by atoms with E-state index in [0.717, 1.165) is 40.3 Å². The third-order valence-corrected chi connectivity index (χ3v) is 4.65. The van der Waals surface area contributed by atoms with Crippen molar-refractivity contribution >= 4 is 34.1 Å². The molecule has 0 unspecified atom stereocenters. The van der Waals surface area contributed by atoms with Gasteiger partial charge < -0.3 is 5.32 Å². The molecule has 1 amide bonds. The average molecular weight is 338 g/mol. The number of aryl methyl sites for hydroxylation is 1. The van der Waals surface area contributed by atoms with Crippen molar-refractivity contribution in [3.63, 3.8) is 0 Å². The van der Waals surface area contributed by atoms with Crippen LogP contribution in [-0.4, -0.2) is 15.9 Å². The standard InChI is InChI=1S/C19H16ClN3O/c1-11-4-5-21-9-15(11)13-6-14-8-18(23-19(24)12-2-3-12)22-10-16(14)17(20)7-13/h4-10,12H,2-3H2,1H3,(H,22,23,24). The Hall–Kier alpha value is -2.46. The van der Waals surface area contributed by atoms with Crippen LogP contribution in [0.2, 0.25) is 5.02 Å². The molecule has 1 aromatic carbocycles. The summed E-state index contributed by atoms with van der Waals surface area (Å²) in [4.78, 5) is 20.4. The fourth-order valence-corrected chi connectivity index (χ4v) is 3.05. The normalized spacial score (nSPS) is 13.9. The Kier molecular flexibility index (Phi) is 3.69. The first kappa shape index (κ1) is 15.1. The van der Waals surface area contributed by atoms with Gasteiger partial charge in [0.05, 0.1) is 5.02 Å². The van der Waals surface area contributed by atoms with Crippen LogP contribution in [0.3, 0.4) is 0 Å². The fourth-order valence-electron chi connectivity index (χ4n) is 2.78. The number of pyridine rings is 2. The maximum atomic E-state index is 11.9. The number of rotatable bonds is 3. The number of nitrogens with one attached hydrogen (secondary N) is 1. The second-order valence-corrected chi connectivity index (χ2v) is 6.61. The van der Waals surface area contributed by atoms with Crippen LogP contribution < -0.4 is 5.32 Å². The van der Waals surface area contributed by atoms with Crippen LogP contribution in [0.4, 0.5) is 5.82 Å². The average Bonchev–Trinajstić information content (AvgIpc) is 3.40. The van der Waals surface area contributed by atoms with Crippen LogP contribution in [0.15, 0.2) is 42.9 Å². The number of fused-ring (bicyclic) bond motifs is 1. The lowest BCUT2D eigenvalue weighted by Gasteiger charge is -2.10. The minimum atomic E-state index is 0.0483. The molecule has 2 aromatic heterocycles. The van der Waals surface area contributed by atoms with Gasteiger partial charge in [0.25, 0.3) is 0 Å². The quantitative estimate of drug-likeness (QED) is 0.759. The van der Waals surface area contributed by atoms with E-state index in [2.05, 4.69) is 21.4 Å². The Morgan fingerprint density at radius 2 is 2.08 bits per heavy atom. The first-order valence-electron chi connectivity index (χ1n) is 7.93. The highest BCUT2D eigenvalue weighted by Crippen LogP contribution is 2.33. The van der Waals surface area contributed by atoms with Crippen LogP contribution in [0.5, 0.6) is 0 Å². The van der Waals surface area contributed by atoms with Gasteiger partial charge in [0.2, 0.25) is 5.91 Å². The van der Waals surface area contributed by atoms with Crippen molar-refractivity contribution in [1.29, 1.82) is 0 Å². The monoisotopic (exact) mass is 337 g/mol. The van der Waals surface area contributed by atoms with Crippen molar-refractivity contribution in [2.24, 2.45) is 5.92 Å². The molecule has 0 bridgehead atoms. The van der Waals surface area contributed by atoms with Crippen molar-refractivity contribution in [2.75, 3.05) is 5.32 Å². The number of benzene rings is 1. The van der Waals surface area contributed by atoms with E-state index in [4.69, 9.17) is 11.6 Å². The van der Waals surface area contributed by atoms with Crippen molar-refractivity contribution in [1.82, 2.24) is 9.97 Å². The molecule has 0 saturated heterocycles. The van der Waals surface area contributed by atoms with Crippen LogP contribution in [0, 0.1) is 12.8 Å². The van der Waals surface area contributed by atoms with Crippen molar-refractivity contribution in [3.05, 3.63) is 53.4 Å². The molecule has 5 heteroatoms. The number of hydrogen-bond donors (Lipinski definition) is 1. The zero-order valence-electron chi connectivity index (χ0n) is 13.2. The number of anilines is 1. The molecule has 0 atom stereocenters. The first-order valence-corrected chi connectivity index (χ1v) is 8.31. The number of amides is 1. The molecule has 0 aliphatic heterocycles. The molecule has 0 spiro atoms. The molecular weight excluding hydrogens is 322 g/mol. The van der Waals surface area contributed by atoms with E-state index < -0.39 is 0 Å². The lowest BCUT2D eigenvalue weighted by Crippen LogP contribution is -2.14. The first-order chi connectivity index (χ1) is 11.6. The molecule has 1 aliphatic rings. The Balaban J connectivity index is 1.77. The summed E-state index contributed by atoms with van der Waals surface area (Å²) < 4.78 is 0. The number of carbonyl (C=O) groups is 1. The second-order valence-electron chi connectivity index (χ2n) is 6.20. The van der Waals surface area contributed by atoms with Gasteiger partial charge in [-0.25, -0.2) is 4.98 Å². The molecule has 3 aromatic rings. The van der Waals surface area contributed by atoms with E-state index in [1.165, 1.54) is 0 Å². The largest absolute Gasteiger partial charge is 0.310 e. The van der Waals surface area contributed by atoms with Crippen LogP contribution in [0.25, 0.3) is 21.9 Å². The van der Waals surface area contributed by atoms with Crippen molar-refractivity contribution in [2.45, 2.75) is 19.8 Å². The van der Waals surface area contributed by atoms with E-state index in [9.17, 15) is 4.79 Å². The van der Waals surface area contributed by atoms with E-state index in [1.807, 2.05) is 31.3 Å². The second kappa shape index (κ2) is 5.87. The highest BCUT2D eigenvalue weighted by molar-refractivity contribution is 6.36. The zero-order chi connectivity index (χ0) is 16.7. The summed E-state index contributed by atoms with van der Waals surface area (Å²) in [5.74, 6) is 0.762. The lowest BCUT2D eigenvalue weighted by atomic mass is 10.0. The summed E-state index contributed by atoms with van der Waals surface area (Å²) in [7, 11) is 0. The molecule has 1 aliphatic carbocycles. The van der Waals surface area contributed by atoms with Gasteiger partial charge in [-0.3, -0.25) is 9.78 Å². The minimum Gasteiger partial charge on any atom is -0.310 e. The lowest BCUT2D eigenvalue weighted by molar-refractivity contribution is -0.117. The third-order valence-electron chi connectivity index (χ3n) is 4.34. The minimum absolute atomic E-state index is 0.0483. The van der Waals surface area contributed by atoms with Crippen LogP contribution in [0.1, 0.15) is 18.4 Å². The molecule has 1 saturated carbocycles. The highest BCUT2D eigenvalue weighted by Gasteiger charge is 2.29. The van der Waals surface area contributed by atoms with Gasteiger partial charge in [0.15, 0.2) is 0 Å². The Labute approximate surface area is 144 Å². The van der Waals surface area contributed by atoms with Gasteiger partial charge in [-0.2, -0.15) is 0 Å². The van der Waals surface area contributed by atoms with Gasteiger partial charge in [-0.1, -0.05) is 11.6 Å². The summed E-state index contributed by atoms with van der Waals surface area (Å²) >= 11 is 6.44. The van der Waals surface area contributed by atoms with Gasteiger partial charge >= 0.3 is 0 Å². The number of carbonyl (C=O) groups excluding carboxylic acids is 1. The maximum Gasteiger partial charge on any atom is 0.228 e. The summed E-state index contributed by atoms with van der Waals surface area (Å²) in [5.41, 5.74) is 3.18. The summed E-state index contributed by atoms with van der Waals surface area (Å²) in [6.07, 6.45) is 7.26. The van der Waals surface area contributed by atoms with Gasteiger partial charge in [-0.05, 0) is 60.5 Å². The van der Waals surface area contributed by atoms with Crippen molar-refractivity contribution < 1.29 is 4.79 Å². The molecule has 0 radical (unpaired) electrons. The van der Waals surface area contributed by atoms with E-state index >= 15 is 0 Å². The molecule has 24 heavy (non-hydrogen) atoms. The Morgan fingerprint density at radius 1 is 1.25 bits per heavy atom. The number of nitrogens with zero attached hydrogens (tertiary/aromatic N) is 2. The molecule has 1 fully saturated rings. The van der Waals surface area contributed by atoms with Gasteiger partial charge in [-0.15, -0.1) is 0 Å². The van der Waals surface area contributed by atoms with Gasteiger partial charge in [0, 0.05) is 35.5 Å². The zero-order valence-corrected chi connectivity index (χ0v) is 14.0. The Morgan fingerprint density at radius 3 is 2.83 bits per heavy atom. The maximum absolute atomic E-state index is 11.9. The highest BCUT2D eigenvalue weighted by atomic mass is 35.5. The fraction of sp³-hybridized carbons (Fsp3) is 0.211. The molecule has 1 N–H and O–H groups in total. The summed E-state index contributed by atoms with van der Waals surface area (Å²) in [6, 6.07) is 7.83. The molecule has 120 valence electrons. The SMILES string of the molecule is Cc1ccncc1-c1cc(Cl)c2cnc(NC(=O)C3CC3)cc2c1. The smallest absolute Gasteiger partial charge is 0.228 e. The van der Waals surface area contributed by atoms with Crippen molar-refractivity contribution in [3.8, 4) is 11.1 Å². The molecule has 4 rings (SSSR count). The predicted molar refractivity (Wildman–Crippen MR) is 96.1 cm³/mol. The Bertz CT molecular complexity index is 950. The molecule has 4 nitrogen and oxygen atoms in total. The molecular formula is C19H16ClN3O. The van der Waals surface area contributed by atoms with E-state index in [-0.39, 0.29) is 11.8 Å². The third kappa shape index (κ3) is 2.85. The topological polar surface area (TPSA) is 54.9 Å². The summed E-state index contributed by atoms with van der Waals surface area (Å²) in [6.45, 7) is 2.04. The number of halogens is 1. The van der Waals surface area contributed by atoms with E-state index in [0.29, 0.717) is 10.8 Å². The van der Waals surface area contributed by atoms with Crippen LogP contribution >= 0.6 is 11.6 Å².